The molecule has 0 fully saturated rings. The molecule has 1 aliphatic rings. The highest BCUT2D eigenvalue weighted by Crippen LogP contribution is 2.33. The molecule has 0 saturated heterocycles. The summed E-state index contributed by atoms with van der Waals surface area (Å²) in [4.78, 5) is 44.8. The Hall–Kier alpha value is -2.87. The number of benzene rings is 1. The zero-order chi connectivity index (χ0) is 24.7. The first-order valence-corrected chi connectivity index (χ1v) is 12.6. The lowest BCUT2D eigenvalue weighted by molar-refractivity contribution is -0.120. The number of anilines is 2. The molecule has 1 amide bonds. The van der Waals surface area contributed by atoms with Gasteiger partial charge in [0.15, 0.2) is 5.69 Å². The van der Waals surface area contributed by atoms with Crippen molar-refractivity contribution in [2.24, 2.45) is 0 Å². The average Bonchev–Trinajstić information content (AvgIpc) is 2.82. The van der Waals surface area contributed by atoms with Crippen LogP contribution in [0.3, 0.4) is 0 Å². The van der Waals surface area contributed by atoms with Gasteiger partial charge in [-0.1, -0.05) is 57.4 Å². The second-order valence-electron chi connectivity index (χ2n) is 9.27. The van der Waals surface area contributed by atoms with Crippen LogP contribution in [-0.2, 0) is 17.8 Å². The summed E-state index contributed by atoms with van der Waals surface area (Å²) in [6.45, 7) is 5.07. The number of carbonyl (C=O) groups is 1. The number of aromatic nitrogens is 2. The number of H-pyrrole nitrogens is 1. The molecule has 1 aliphatic carbocycles. The maximum absolute atomic E-state index is 13.6. The van der Waals surface area contributed by atoms with Gasteiger partial charge in [-0.15, -0.1) is 0 Å². The van der Waals surface area contributed by atoms with E-state index in [9.17, 15) is 14.4 Å². The minimum atomic E-state index is -0.606. The number of unbranched alkanes of at least 4 members (excludes halogenated alkanes) is 3. The van der Waals surface area contributed by atoms with Crippen molar-refractivity contribution in [1.82, 2.24) is 14.5 Å². The molecule has 0 radical (unpaired) electrons. The van der Waals surface area contributed by atoms with E-state index in [1.165, 1.54) is 20.6 Å². The Morgan fingerprint density at radius 2 is 1.88 bits per heavy atom. The van der Waals surface area contributed by atoms with Crippen LogP contribution in [0.5, 0.6) is 0 Å². The number of hydrogen-bond acceptors (Lipinski definition) is 5. The first-order valence-electron chi connectivity index (χ1n) is 12.6. The quantitative estimate of drug-likeness (QED) is 0.491. The van der Waals surface area contributed by atoms with E-state index >= 15 is 0 Å². The van der Waals surface area contributed by atoms with Crippen LogP contribution in [-0.4, -0.2) is 40.5 Å². The minimum absolute atomic E-state index is 0.0673. The van der Waals surface area contributed by atoms with Gasteiger partial charge in [-0.2, -0.15) is 0 Å². The fourth-order valence-corrected chi connectivity index (χ4v) is 4.85. The van der Waals surface area contributed by atoms with Crippen molar-refractivity contribution in [1.29, 1.82) is 0 Å². The molecule has 1 aromatic carbocycles. The number of nitrogens with zero attached hydrogens (tertiary/aromatic N) is 3. The van der Waals surface area contributed by atoms with Crippen molar-refractivity contribution in [3.63, 3.8) is 0 Å². The minimum Gasteiger partial charge on any atom is -0.383 e. The van der Waals surface area contributed by atoms with Crippen LogP contribution in [0.1, 0.15) is 76.0 Å². The van der Waals surface area contributed by atoms with Gasteiger partial charge in [0.25, 0.3) is 5.56 Å². The second kappa shape index (κ2) is 12.0. The van der Waals surface area contributed by atoms with E-state index in [2.05, 4.69) is 35.0 Å². The van der Waals surface area contributed by atoms with E-state index in [-0.39, 0.29) is 30.0 Å². The number of likely N-dealkylation sites (N-methyl/N-ethyl adjacent to an activating group) is 1. The molecule has 3 N–H and O–H groups in total. The molecule has 1 heterocycles. The molecule has 0 aliphatic heterocycles. The average molecular weight is 470 g/mol. The second-order valence-corrected chi connectivity index (χ2v) is 9.27. The smallest absolute Gasteiger partial charge is 0.330 e. The highest BCUT2D eigenvalue weighted by Gasteiger charge is 2.29. The fourth-order valence-electron chi connectivity index (χ4n) is 4.85. The van der Waals surface area contributed by atoms with Gasteiger partial charge in [0, 0.05) is 19.1 Å². The number of rotatable bonds is 11. The predicted molar refractivity (Wildman–Crippen MR) is 137 cm³/mol. The lowest BCUT2D eigenvalue weighted by Gasteiger charge is -2.34. The SMILES string of the molecule is CCCCCN(C(=O)CN(C)C1CCCc2ccccc21)c1c(N)n(CCCC)c(=O)[nH]c1=O. The summed E-state index contributed by atoms with van der Waals surface area (Å²) in [5.41, 5.74) is 7.90. The lowest BCUT2D eigenvalue weighted by atomic mass is 9.87. The number of aryl methyl sites for hydroxylation is 1. The van der Waals surface area contributed by atoms with E-state index < -0.39 is 11.2 Å². The van der Waals surface area contributed by atoms with Gasteiger partial charge in [-0.3, -0.25) is 24.0 Å². The van der Waals surface area contributed by atoms with Gasteiger partial charge in [-0.05, 0) is 50.3 Å². The normalized spacial score (nSPS) is 15.4. The zero-order valence-electron chi connectivity index (χ0n) is 20.8. The Labute approximate surface area is 201 Å². The summed E-state index contributed by atoms with van der Waals surface area (Å²) in [6, 6.07) is 8.56. The maximum Gasteiger partial charge on any atom is 0.330 e. The molecule has 0 saturated carbocycles. The number of fused-ring (bicyclic) bond motifs is 1. The molecule has 8 heteroatoms. The molecule has 8 nitrogen and oxygen atoms in total. The fraction of sp³-hybridized carbons (Fsp3) is 0.577. The van der Waals surface area contributed by atoms with Crippen molar-refractivity contribution in [3.05, 3.63) is 56.2 Å². The first-order chi connectivity index (χ1) is 16.4. The molecule has 1 atom stereocenters. The monoisotopic (exact) mass is 469 g/mol. The van der Waals surface area contributed by atoms with Crippen molar-refractivity contribution >= 4 is 17.4 Å². The van der Waals surface area contributed by atoms with Crippen LogP contribution in [0.4, 0.5) is 11.5 Å². The van der Waals surface area contributed by atoms with Crippen molar-refractivity contribution in [2.45, 2.75) is 77.8 Å². The van der Waals surface area contributed by atoms with E-state index in [1.807, 2.05) is 20.0 Å². The Balaban J connectivity index is 1.90. The summed E-state index contributed by atoms with van der Waals surface area (Å²) in [5, 5.41) is 0. The third-order valence-electron chi connectivity index (χ3n) is 6.76. The molecular weight excluding hydrogens is 430 g/mol. The van der Waals surface area contributed by atoms with Gasteiger partial charge >= 0.3 is 5.69 Å². The number of carbonyl (C=O) groups excluding carboxylic acids is 1. The van der Waals surface area contributed by atoms with E-state index in [0.717, 1.165) is 51.4 Å². The zero-order valence-corrected chi connectivity index (χ0v) is 20.8. The highest BCUT2D eigenvalue weighted by molar-refractivity contribution is 5.96. The van der Waals surface area contributed by atoms with E-state index in [1.54, 1.807) is 0 Å². The Bertz CT molecular complexity index is 1090. The molecule has 1 aromatic heterocycles. The molecule has 186 valence electrons. The Morgan fingerprint density at radius 3 is 2.62 bits per heavy atom. The summed E-state index contributed by atoms with van der Waals surface area (Å²) < 4.78 is 1.38. The van der Waals surface area contributed by atoms with Gasteiger partial charge < -0.3 is 10.6 Å². The Morgan fingerprint density at radius 1 is 1.15 bits per heavy atom. The summed E-state index contributed by atoms with van der Waals surface area (Å²) >= 11 is 0. The largest absolute Gasteiger partial charge is 0.383 e. The molecule has 1 unspecified atom stereocenters. The van der Waals surface area contributed by atoms with E-state index in [4.69, 9.17) is 5.73 Å². The maximum atomic E-state index is 13.6. The molecular formula is C26H39N5O3. The summed E-state index contributed by atoms with van der Waals surface area (Å²) in [6.07, 6.45) is 7.44. The van der Waals surface area contributed by atoms with Crippen LogP contribution in [0.25, 0.3) is 0 Å². The van der Waals surface area contributed by atoms with E-state index in [0.29, 0.717) is 13.1 Å². The van der Waals surface area contributed by atoms with Gasteiger partial charge in [0.05, 0.1) is 6.54 Å². The van der Waals surface area contributed by atoms with Crippen LogP contribution in [0, 0.1) is 0 Å². The molecule has 0 spiro atoms. The van der Waals surface area contributed by atoms with Gasteiger partial charge in [-0.25, -0.2) is 4.79 Å². The van der Waals surface area contributed by atoms with Crippen LogP contribution >= 0.6 is 0 Å². The van der Waals surface area contributed by atoms with Gasteiger partial charge in [0.2, 0.25) is 5.91 Å². The molecule has 34 heavy (non-hydrogen) atoms. The molecule has 0 bridgehead atoms. The number of aromatic amines is 1. The van der Waals surface area contributed by atoms with Crippen molar-refractivity contribution in [3.8, 4) is 0 Å². The van der Waals surface area contributed by atoms with Crippen LogP contribution < -0.4 is 21.9 Å². The van der Waals surface area contributed by atoms with Crippen LogP contribution in [0.15, 0.2) is 33.9 Å². The summed E-state index contributed by atoms with van der Waals surface area (Å²) in [5.74, 6) is -0.114. The Kier molecular flexibility index (Phi) is 9.10. The first kappa shape index (κ1) is 25.7. The predicted octanol–water partition coefficient (Wildman–Crippen LogP) is 3.45. The number of amides is 1. The number of hydrogen-bond donors (Lipinski definition) is 2. The number of nitrogen functional groups attached to an aromatic ring is 1. The number of nitrogens with two attached hydrogens (primary N) is 1. The molecule has 3 rings (SSSR count). The number of nitrogens with one attached hydrogen (secondary N) is 1. The topological polar surface area (TPSA) is 104 Å². The third kappa shape index (κ3) is 5.78. The molecule has 2 aromatic rings. The van der Waals surface area contributed by atoms with Crippen molar-refractivity contribution < 1.29 is 4.79 Å². The standard InChI is InChI=1S/C26H39N5O3/c1-4-6-10-17-30(23-24(27)31(16-7-5-2)26(34)28-25(23)33)22(32)18-29(3)21-15-11-13-19-12-8-9-14-20(19)21/h8-9,12,14,21H,4-7,10-11,13,15-18,27H2,1-3H3,(H,28,33,34). The van der Waals surface area contributed by atoms with Crippen LogP contribution in [0.2, 0.25) is 0 Å². The van der Waals surface area contributed by atoms with Gasteiger partial charge in [0.1, 0.15) is 5.82 Å². The van der Waals surface area contributed by atoms with Crippen molar-refractivity contribution in [2.75, 3.05) is 30.8 Å². The lowest BCUT2D eigenvalue weighted by Crippen LogP contribution is -2.45. The summed E-state index contributed by atoms with van der Waals surface area (Å²) in [7, 11) is 1.96. The third-order valence-corrected chi connectivity index (χ3v) is 6.76. The highest BCUT2D eigenvalue weighted by atomic mass is 16.2.